The second kappa shape index (κ2) is 6.70. The lowest BCUT2D eigenvalue weighted by Gasteiger charge is -2.17. The maximum Gasteiger partial charge on any atom is 0.158 e. The standard InChI is InChI=1S/C13H13Cl2N3O/c1-9(18-8-10-7-16-5-6-17-10)19-13-11(14)3-2-4-12(13)15/h2-7,9,18H,8H2,1H3. The van der Waals surface area contributed by atoms with Gasteiger partial charge >= 0.3 is 0 Å². The van der Waals surface area contributed by atoms with Gasteiger partial charge in [0.25, 0.3) is 0 Å². The molecule has 1 atom stereocenters. The zero-order chi connectivity index (χ0) is 13.7. The molecule has 0 fully saturated rings. The van der Waals surface area contributed by atoms with Crippen molar-refractivity contribution in [2.45, 2.75) is 19.7 Å². The molecule has 1 aromatic heterocycles. The van der Waals surface area contributed by atoms with E-state index in [9.17, 15) is 0 Å². The molecule has 0 saturated carbocycles. The Morgan fingerprint density at radius 3 is 2.63 bits per heavy atom. The zero-order valence-corrected chi connectivity index (χ0v) is 11.8. The first-order valence-corrected chi connectivity index (χ1v) is 6.51. The van der Waals surface area contributed by atoms with Gasteiger partial charge in [-0.25, -0.2) is 0 Å². The van der Waals surface area contributed by atoms with Gasteiger partial charge in [-0.1, -0.05) is 29.3 Å². The van der Waals surface area contributed by atoms with Gasteiger partial charge < -0.3 is 4.74 Å². The van der Waals surface area contributed by atoms with Crippen molar-refractivity contribution in [2.24, 2.45) is 0 Å². The van der Waals surface area contributed by atoms with Crippen LogP contribution >= 0.6 is 23.2 Å². The summed E-state index contributed by atoms with van der Waals surface area (Å²) in [6, 6.07) is 5.24. The van der Waals surface area contributed by atoms with Crippen LogP contribution in [0.5, 0.6) is 5.75 Å². The van der Waals surface area contributed by atoms with E-state index in [0.717, 1.165) is 5.69 Å². The summed E-state index contributed by atoms with van der Waals surface area (Å²) < 4.78 is 5.67. The van der Waals surface area contributed by atoms with Crippen LogP contribution in [-0.4, -0.2) is 16.2 Å². The number of rotatable bonds is 5. The van der Waals surface area contributed by atoms with E-state index < -0.39 is 0 Å². The number of halogens is 2. The van der Waals surface area contributed by atoms with Gasteiger partial charge in [0, 0.05) is 25.1 Å². The molecule has 0 saturated heterocycles. The Morgan fingerprint density at radius 2 is 2.00 bits per heavy atom. The molecule has 1 aromatic carbocycles. The molecule has 2 rings (SSSR count). The van der Waals surface area contributed by atoms with Gasteiger partial charge in [0.1, 0.15) is 6.23 Å². The molecule has 0 aliphatic heterocycles. The van der Waals surface area contributed by atoms with Crippen LogP contribution in [0.4, 0.5) is 0 Å². The average Bonchev–Trinajstić information content (AvgIpc) is 2.42. The molecule has 0 bridgehead atoms. The third kappa shape index (κ3) is 4.06. The van der Waals surface area contributed by atoms with E-state index >= 15 is 0 Å². The van der Waals surface area contributed by atoms with Crippen molar-refractivity contribution in [3.8, 4) is 5.75 Å². The van der Waals surface area contributed by atoms with E-state index in [-0.39, 0.29) is 6.23 Å². The molecular weight excluding hydrogens is 285 g/mol. The highest BCUT2D eigenvalue weighted by Gasteiger charge is 2.10. The van der Waals surface area contributed by atoms with Crippen LogP contribution in [0.25, 0.3) is 0 Å². The fourth-order valence-electron chi connectivity index (χ4n) is 1.48. The van der Waals surface area contributed by atoms with Crippen LogP contribution in [0.2, 0.25) is 10.0 Å². The van der Waals surface area contributed by atoms with Crippen molar-refractivity contribution < 1.29 is 4.74 Å². The molecule has 4 nitrogen and oxygen atoms in total. The lowest BCUT2D eigenvalue weighted by atomic mass is 10.3. The molecule has 1 unspecified atom stereocenters. The van der Waals surface area contributed by atoms with E-state index in [0.29, 0.717) is 22.3 Å². The molecule has 6 heteroatoms. The van der Waals surface area contributed by atoms with E-state index in [1.807, 2.05) is 6.92 Å². The summed E-state index contributed by atoms with van der Waals surface area (Å²) in [7, 11) is 0. The van der Waals surface area contributed by atoms with Crippen LogP contribution in [0.1, 0.15) is 12.6 Å². The molecule has 0 spiro atoms. The Kier molecular flexibility index (Phi) is 4.96. The highest BCUT2D eigenvalue weighted by atomic mass is 35.5. The predicted molar refractivity (Wildman–Crippen MR) is 75.4 cm³/mol. The topological polar surface area (TPSA) is 47.0 Å². The molecule has 100 valence electrons. The summed E-state index contributed by atoms with van der Waals surface area (Å²) in [5.74, 6) is 0.477. The molecule has 0 aliphatic rings. The number of hydrogen-bond donors (Lipinski definition) is 1. The zero-order valence-electron chi connectivity index (χ0n) is 10.3. The molecule has 1 heterocycles. The van der Waals surface area contributed by atoms with Crippen molar-refractivity contribution >= 4 is 23.2 Å². The van der Waals surface area contributed by atoms with Crippen molar-refractivity contribution in [2.75, 3.05) is 0 Å². The SMILES string of the molecule is CC(NCc1cnccn1)Oc1c(Cl)cccc1Cl. The number of nitrogens with one attached hydrogen (secondary N) is 1. The second-order valence-corrected chi connectivity index (χ2v) is 4.70. The molecule has 1 N–H and O–H groups in total. The smallest absolute Gasteiger partial charge is 0.158 e. The van der Waals surface area contributed by atoms with Gasteiger partial charge in [0.15, 0.2) is 5.75 Å². The third-order valence-corrected chi connectivity index (χ3v) is 3.00. The maximum atomic E-state index is 6.03. The molecule has 0 aliphatic carbocycles. The summed E-state index contributed by atoms with van der Waals surface area (Å²) in [5, 5.41) is 4.13. The minimum atomic E-state index is -0.251. The van der Waals surface area contributed by atoms with Gasteiger partial charge in [0.05, 0.1) is 15.7 Å². The first-order valence-electron chi connectivity index (χ1n) is 5.76. The Hall–Kier alpha value is -1.36. The highest BCUT2D eigenvalue weighted by molar-refractivity contribution is 6.37. The first-order chi connectivity index (χ1) is 9.16. The summed E-state index contributed by atoms with van der Waals surface area (Å²) in [6.45, 7) is 2.42. The first kappa shape index (κ1) is 14.1. The average molecular weight is 298 g/mol. The van der Waals surface area contributed by atoms with Gasteiger partial charge in [0.2, 0.25) is 0 Å². The fourth-order valence-corrected chi connectivity index (χ4v) is 1.97. The van der Waals surface area contributed by atoms with Crippen molar-refractivity contribution in [1.82, 2.24) is 15.3 Å². The minimum Gasteiger partial charge on any atom is -0.473 e. The van der Waals surface area contributed by atoms with Crippen molar-refractivity contribution in [3.05, 3.63) is 52.5 Å². The number of benzene rings is 1. The molecular formula is C13H13Cl2N3O. The predicted octanol–water partition coefficient (Wildman–Crippen LogP) is 3.30. The van der Waals surface area contributed by atoms with Gasteiger partial charge in [-0.15, -0.1) is 0 Å². The van der Waals surface area contributed by atoms with Crippen molar-refractivity contribution in [1.29, 1.82) is 0 Å². The molecule has 2 aromatic rings. The monoisotopic (exact) mass is 297 g/mol. The normalized spacial score (nSPS) is 12.2. The quantitative estimate of drug-likeness (QED) is 0.860. The number of ether oxygens (including phenoxy) is 1. The molecule has 0 radical (unpaired) electrons. The van der Waals surface area contributed by atoms with E-state index in [1.165, 1.54) is 0 Å². The molecule has 19 heavy (non-hydrogen) atoms. The number of nitrogens with zero attached hydrogens (tertiary/aromatic N) is 2. The lowest BCUT2D eigenvalue weighted by Crippen LogP contribution is -2.31. The second-order valence-electron chi connectivity index (χ2n) is 3.89. The molecule has 0 amide bonds. The summed E-state index contributed by atoms with van der Waals surface area (Å²) in [5.41, 5.74) is 0.836. The van der Waals surface area contributed by atoms with Crippen LogP contribution in [0.3, 0.4) is 0 Å². The summed E-state index contributed by atoms with van der Waals surface area (Å²) in [4.78, 5) is 8.15. The van der Waals surface area contributed by atoms with E-state index in [4.69, 9.17) is 27.9 Å². The Balaban J connectivity index is 1.93. The highest BCUT2D eigenvalue weighted by Crippen LogP contribution is 2.32. The van der Waals surface area contributed by atoms with Crippen LogP contribution < -0.4 is 10.1 Å². The number of hydrogen-bond acceptors (Lipinski definition) is 4. The van der Waals surface area contributed by atoms with Crippen molar-refractivity contribution in [3.63, 3.8) is 0 Å². The fraction of sp³-hybridized carbons (Fsp3) is 0.231. The maximum absolute atomic E-state index is 6.03. The largest absolute Gasteiger partial charge is 0.473 e. The van der Waals surface area contributed by atoms with Gasteiger partial charge in [-0.2, -0.15) is 0 Å². The Bertz CT molecular complexity index is 516. The summed E-state index contributed by atoms with van der Waals surface area (Å²) >= 11 is 12.1. The van der Waals surface area contributed by atoms with Crippen LogP contribution in [0, 0.1) is 0 Å². The Labute approximate surface area is 121 Å². The van der Waals surface area contributed by atoms with E-state index in [2.05, 4.69) is 15.3 Å². The van der Waals surface area contributed by atoms with Gasteiger partial charge in [-0.05, 0) is 19.1 Å². The van der Waals surface area contributed by atoms with Crippen LogP contribution in [-0.2, 0) is 6.54 Å². The minimum absolute atomic E-state index is 0.251. The number of para-hydroxylation sites is 1. The van der Waals surface area contributed by atoms with Gasteiger partial charge in [-0.3, -0.25) is 15.3 Å². The summed E-state index contributed by atoms with van der Waals surface area (Å²) in [6.07, 6.45) is 4.72. The third-order valence-electron chi connectivity index (χ3n) is 2.40. The van der Waals surface area contributed by atoms with E-state index in [1.54, 1.807) is 36.8 Å². The van der Waals surface area contributed by atoms with Crippen LogP contribution in [0.15, 0.2) is 36.8 Å². The number of aromatic nitrogens is 2. The Morgan fingerprint density at radius 1 is 1.26 bits per heavy atom. The lowest BCUT2D eigenvalue weighted by molar-refractivity contribution is 0.181.